The molecule has 3 rings (SSSR count). The number of ether oxygens (including phenoxy) is 1. The first-order chi connectivity index (χ1) is 14.1. The maximum atomic E-state index is 13.0. The number of para-hydroxylation sites is 2. The second-order valence-electron chi connectivity index (χ2n) is 7.49. The lowest BCUT2D eigenvalue weighted by molar-refractivity contribution is 0.0923. The zero-order valence-electron chi connectivity index (χ0n) is 17.6. The third-order valence-electron chi connectivity index (χ3n) is 4.84. The van der Waals surface area contributed by atoms with Crippen molar-refractivity contribution in [3.05, 3.63) is 53.9 Å². The van der Waals surface area contributed by atoms with E-state index >= 15 is 0 Å². The largest absolute Gasteiger partial charge is 0.495 e. The van der Waals surface area contributed by atoms with Crippen molar-refractivity contribution in [3.63, 3.8) is 0 Å². The Morgan fingerprint density at radius 1 is 1.17 bits per heavy atom. The van der Waals surface area contributed by atoms with E-state index in [1.165, 1.54) is 33.3 Å². The summed E-state index contributed by atoms with van der Waals surface area (Å²) < 4.78 is 31.5. The van der Waals surface area contributed by atoms with Gasteiger partial charge in [0, 0.05) is 19.7 Å². The van der Waals surface area contributed by atoms with Crippen LogP contribution >= 0.6 is 0 Å². The average molecular weight is 431 g/mol. The van der Waals surface area contributed by atoms with Crippen molar-refractivity contribution >= 4 is 27.0 Å². The number of fused-ring (bicyclic) bond motifs is 1. The molecule has 30 heavy (non-hydrogen) atoms. The molecule has 0 spiro atoms. The second kappa shape index (κ2) is 8.45. The Balaban J connectivity index is 1.95. The van der Waals surface area contributed by atoms with Gasteiger partial charge in [0.25, 0.3) is 5.91 Å². The second-order valence-corrected chi connectivity index (χ2v) is 9.61. The molecular weight excluding hydrogens is 404 g/mol. The summed E-state index contributed by atoms with van der Waals surface area (Å²) in [6.07, 6.45) is 0. The lowest BCUT2D eigenvalue weighted by Gasteiger charge is -2.21. The number of hydrogen-bond acceptors (Lipinski definition) is 5. The summed E-state index contributed by atoms with van der Waals surface area (Å²) in [5.74, 6) is 0.483. The molecule has 0 aliphatic rings. The van der Waals surface area contributed by atoms with Crippen molar-refractivity contribution in [1.29, 1.82) is 0 Å². The lowest BCUT2D eigenvalue weighted by atomic mass is 10.0. The molecule has 1 aromatic heterocycles. The summed E-state index contributed by atoms with van der Waals surface area (Å²) in [5.41, 5.74) is 1.92. The summed E-state index contributed by atoms with van der Waals surface area (Å²) in [5, 5.41) is 2.97. The summed E-state index contributed by atoms with van der Waals surface area (Å²) in [6, 6.07) is 11.6. The number of sulfonamides is 1. The third-order valence-corrected chi connectivity index (χ3v) is 6.68. The molecule has 0 radical (unpaired) electrons. The number of nitrogens with zero attached hydrogens (tertiary/aromatic N) is 2. The third kappa shape index (κ3) is 4.17. The van der Waals surface area contributed by atoms with Crippen LogP contribution in [-0.4, -0.2) is 49.8 Å². The Bertz CT molecular complexity index is 1140. The molecule has 160 valence electrons. The van der Waals surface area contributed by atoms with Crippen molar-refractivity contribution in [2.24, 2.45) is 5.92 Å². The maximum absolute atomic E-state index is 13.0. The quantitative estimate of drug-likeness (QED) is 0.600. The van der Waals surface area contributed by atoms with Crippen LogP contribution in [0, 0.1) is 5.92 Å². The summed E-state index contributed by atoms with van der Waals surface area (Å²) in [4.78, 5) is 20.8. The van der Waals surface area contributed by atoms with E-state index in [0.717, 1.165) is 15.3 Å². The van der Waals surface area contributed by atoms with Crippen molar-refractivity contribution in [1.82, 2.24) is 19.6 Å². The van der Waals surface area contributed by atoms with Crippen LogP contribution in [0.4, 0.5) is 0 Å². The van der Waals surface area contributed by atoms with E-state index in [4.69, 9.17) is 4.74 Å². The molecule has 3 aromatic rings. The number of methoxy groups -OCH3 is 1. The molecule has 0 aliphatic heterocycles. The Labute approximate surface area is 176 Å². The number of benzene rings is 2. The van der Waals surface area contributed by atoms with E-state index in [0.29, 0.717) is 5.82 Å². The normalized spacial score (nSPS) is 13.0. The number of imidazole rings is 1. The zero-order chi connectivity index (χ0) is 22.1. The number of aromatic amines is 1. The van der Waals surface area contributed by atoms with E-state index in [9.17, 15) is 13.2 Å². The maximum Gasteiger partial charge on any atom is 0.251 e. The SMILES string of the molecule is COc1ccc(C(=O)NC(c2nc3ccccc3[nH]2)C(C)C)cc1S(=O)(=O)N(C)C. The number of carbonyl (C=O) groups is 1. The number of carbonyl (C=O) groups excluding carboxylic acids is 1. The van der Waals surface area contributed by atoms with Crippen LogP contribution < -0.4 is 10.1 Å². The molecule has 0 aliphatic carbocycles. The molecular formula is C21H26N4O4S. The molecule has 1 atom stereocenters. The van der Waals surface area contributed by atoms with Crippen LogP contribution in [0.25, 0.3) is 11.0 Å². The number of amides is 1. The minimum Gasteiger partial charge on any atom is -0.495 e. The van der Waals surface area contributed by atoms with Crippen molar-refractivity contribution in [2.75, 3.05) is 21.2 Å². The smallest absolute Gasteiger partial charge is 0.251 e. The predicted molar refractivity (Wildman–Crippen MR) is 115 cm³/mol. The first kappa shape index (κ1) is 21.8. The van der Waals surface area contributed by atoms with Crippen molar-refractivity contribution < 1.29 is 17.9 Å². The van der Waals surface area contributed by atoms with E-state index < -0.39 is 15.9 Å². The Morgan fingerprint density at radius 3 is 2.47 bits per heavy atom. The molecule has 9 heteroatoms. The van der Waals surface area contributed by atoms with Gasteiger partial charge >= 0.3 is 0 Å². The molecule has 1 unspecified atom stereocenters. The standard InChI is InChI=1S/C21H26N4O4S/c1-13(2)19(20-22-15-8-6-7-9-16(15)23-20)24-21(26)14-10-11-17(29-5)18(12-14)30(27,28)25(3)4/h6-13,19H,1-5H3,(H,22,23)(H,24,26). The highest BCUT2D eigenvalue weighted by atomic mass is 32.2. The van der Waals surface area contributed by atoms with Crippen LogP contribution in [0.15, 0.2) is 47.4 Å². The molecule has 2 N–H and O–H groups in total. The van der Waals surface area contributed by atoms with Gasteiger partial charge in [-0.3, -0.25) is 4.79 Å². The first-order valence-electron chi connectivity index (χ1n) is 9.51. The van der Waals surface area contributed by atoms with Crippen LogP contribution in [0.5, 0.6) is 5.75 Å². The molecule has 1 amide bonds. The van der Waals surface area contributed by atoms with E-state index in [-0.39, 0.29) is 28.2 Å². The average Bonchev–Trinajstić information content (AvgIpc) is 3.14. The van der Waals surface area contributed by atoms with Gasteiger partial charge in [0.15, 0.2) is 0 Å². The number of H-pyrrole nitrogens is 1. The minimum absolute atomic E-state index is 0.0535. The van der Waals surface area contributed by atoms with Gasteiger partial charge in [-0.05, 0) is 36.2 Å². The van der Waals surface area contributed by atoms with E-state index in [1.54, 1.807) is 6.07 Å². The Morgan fingerprint density at radius 2 is 1.87 bits per heavy atom. The fraction of sp³-hybridized carbons (Fsp3) is 0.333. The van der Waals surface area contributed by atoms with E-state index in [2.05, 4.69) is 15.3 Å². The van der Waals surface area contributed by atoms with Gasteiger partial charge in [-0.1, -0.05) is 26.0 Å². The Kier molecular flexibility index (Phi) is 6.14. The van der Waals surface area contributed by atoms with Gasteiger partial charge in [0.2, 0.25) is 10.0 Å². The molecule has 1 heterocycles. The highest BCUT2D eigenvalue weighted by Gasteiger charge is 2.26. The van der Waals surface area contributed by atoms with Crippen molar-refractivity contribution in [2.45, 2.75) is 24.8 Å². The predicted octanol–water partition coefficient (Wildman–Crippen LogP) is 2.95. The molecule has 0 saturated carbocycles. The lowest BCUT2D eigenvalue weighted by Crippen LogP contribution is -2.32. The van der Waals surface area contributed by atoms with Gasteiger partial charge < -0.3 is 15.0 Å². The fourth-order valence-electron chi connectivity index (χ4n) is 3.11. The van der Waals surface area contributed by atoms with Gasteiger partial charge in [0.05, 0.1) is 24.2 Å². The monoisotopic (exact) mass is 430 g/mol. The van der Waals surface area contributed by atoms with Crippen LogP contribution in [0.3, 0.4) is 0 Å². The topological polar surface area (TPSA) is 104 Å². The molecule has 0 bridgehead atoms. The van der Waals surface area contributed by atoms with Gasteiger partial charge in [0.1, 0.15) is 16.5 Å². The summed E-state index contributed by atoms with van der Waals surface area (Å²) >= 11 is 0. The first-order valence-corrected chi connectivity index (χ1v) is 10.9. The summed E-state index contributed by atoms with van der Waals surface area (Å²) in [7, 11) is 0.466. The highest BCUT2D eigenvalue weighted by molar-refractivity contribution is 7.89. The molecule has 0 saturated heterocycles. The molecule has 8 nitrogen and oxygen atoms in total. The zero-order valence-corrected chi connectivity index (χ0v) is 18.4. The van der Waals surface area contributed by atoms with Crippen LogP contribution in [0.2, 0.25) is 0 Å². The van der Waals surface area contributed by atoms with Crippen LogP contribution in [0.1, 0.15) is 36.1 Å². The summed E-state index contributed by atoms with van der Waals surface area (Å²) in [6.45, 7) is 3.96. The van der Waals surface area contributed by atoms with Gasteiger partial charge in [-0.25, -0.2) is 17.7 Å². The molecule has 2 aromatic carbocycles. The molecule has 0 fully saturated rings. The van der Waals surface area contributed by atoms with Gasteiger partial charge in [-0.15, -0.1) is 0 Å². The number of rotatable bonds is 7. The van der Waals surface area contributed by atoms with Crippen LogP contribution in [-0.2, 0) is 10.0 Å². The van der Waals surface area contributed by atoms with Gasteiger partial charge in [-0.2, -0.15) is 0 Å². The number of hydrogen-bond donors (Lipinski definition) is 2. The highest BCUT2D eigenvalue weighted by Crippen LogP contribution is 2.28. The Hall–Kier alpha value is -2.91. The number of nitrogens with one attached hydrogen (secondary N) is 2. The van der Waals surface area contributed by atoms with Crippen molar-refractivity contribution in [3.8, 4) is 5.75 Å². The number of aromatic nitrogens is 2. The fourth-order valence-corrected chi connectivity index (χ4v) is 4.19. The minimum atomic E-state index is -3.78. The van der Waals surface area contributed by atoms with E-state index in [1.807, 2.05) is 38.1 Å².